The van der Waals surface area contributed by atoms with E-state index in [0.29, 0.717) is 12.6 Å². The third kappa shape index (κ3) is 2.24. The van der Waals surface area contributed by atoms with Crippen molar-refractivity contribution in [2.24, 2.45) is 4.99 Å². The fraction of sp³-hybridized carbons (Fsp3) is 0.727. The topological polar surface area (TPSA) is 30.9 Å². The van der Waals surface area contributed by atoms with Crippen LogP contribution in [0.15, 0.2) is 4.99 Å². The second-order valence-corrected chi connectivity index (χ2v) is 4.10. The van der Waals surface area contributed by atoms with Gasteiger partial charge in [-0.05, 0) is 6.92 Å². The largest absolute Gasteiger partial charge is 0.340 e. The third-order valence-electron chi connectivity index (χ3n) is 2.79. The van der Waals surface area contributed by atoms with Crippen LogP contribution < -0.4 is 5.32 Å². The number of nitrogens with zero attached hydrogens (tertiary/aromatic N) is 3. The van der Waals surface area contributed by atoms with Crippen LogP contribution in [0, 0.1) is 12.3 Å². The van der Waals surface area contributed by atoms with Crippen LogP contribution in [-0.4, -0.2) is 61.1 Å². The summed E-state index contributed by atoms with van der Waals surface area (Å²) in [5.74, 6) is 3.80. The Kier molecular flexibility index (Phi) is 3.12. The standard InChI is InChI=1S/C11H18N4/c1-3-6-15-9-10(2)13-11(15)14-7-4-12-5-8-14/h1,10,12H,4-9H2,2H3. The van der Waals surface area contributed by atoms with Crippen LogP contribution in [-0.2, 0) is 0 Å². The summed E-state index contributed by atoms with van der Waals surface area (Å²) in [7, 11) is 0. The second-order valence-electron chi connectivity index (χ2n) is 4.10. The summed E-state index contributed by atoms with van der Waals surface area (Å²) in [5, 5.41) is 3.34. The van der Waals surface area contributed by atoms with Crippen molar-refractivity contribution < 1.29 is 0 Å². The summed E-state index contributed by atoms with van der Waals surface area (Å²) in [6.07, 6.45) is 5.37. The van der Waals surface area contributed by atoms with Gasteiger partial charge in [0, 0.05) is 32.7 Å². The number of guanidine groups is 1. The van der Waals surface area contributed by atoms with Gasteiger partial charge in [-0.2, -0.15) is 0 Å². The smallest absolute Gasteiger partial charge is 0.197 e. The highest BCUT2D eigenvalue weighted by Crippen LogP contribution is 2.12. The Hall–Kier alpha value is -1.21. The predicted molar refractivity (Wildman–Crippen MR) is 61.7 cm³/mol. The molecule has 2 aliphatic heterocycles. The number of nitrogens with one attached hydrogen (secondary N) is 1. The van der Waals surface area contributed by atoms with Crippen LogP contribution in [0.4, 0.5) is 0 Å². The zero-order valence-electron chi connectivity index (χ0n) is 9.24. The van der Waals surface area contributed by atoms with Crippen molar-refractivity contribution in [3.63, 3.8) is 0 Å². The van der Waals surface area contributed by atoms with Crippen molar-refractivity contribution in [3.05, 3.63) is 0 Å². The van der Waals surface area contributed by atoms with Crippen LogP contribution in [0.5, 0.6) is 0 Å². The van der Waals surface area contributed by atoms with E-state index in [0.717, 1.165) is 38.7 Å². The molecule has 1 atom stereocenters. The fourth-order valence-electron chi connectivity index (χ4n) is 2.11. The van der Waals surface area contributed by atoms with E-state index in [1.165, 1.54) is 0 Å². The molecule has 1 fully saturated rings. The first-order valence-corrected chi connectivity index (χ1v) is 5.53. The lowest BCUT2D eigenvalue weighted by Gasteiger charge is -2.33. The van der Waals surface area contributed by atoms with Crippen LogP contribution in [0.3, 0.4) is 0 Å². The highest BCUT2D eigenvalue weighted by molar-refractivity contribution is 5.82. The van der Waals surface area contributed by atoms with Gasteiger partial charge in [0.05, 0.1) is 12.6 Å². The number of aliphatic imine (C=N–C) groups is 1. The molecule has 4 nitrogen and oxygen atoms in total. The summed E-state index contributed by atoms with van der Waals surface area (Å²) < 4.78 is 0. The summed E-state index contributed by atoms with van der Waals surface area (Å²) in [6.45, 7) is 7.92. The minimum Gasteiger partial charge on any atom is -0.340 e. The molecular weight excluding hydrogens is 188 g/mol. The van der Waals surface area contributed by atoms with Crippen molar-refractivity contribution in [2.75, 3.05) is 39.3 Å². The molecule has 2 heterocycles. The van der Waals surface area contributed by atoms with E-state index in [1.807, 2.05) is 0 Å². The molecule has 0 amide bonds. The highest BCUT2D eigenvalue weighted by Gasteiger charge is 2.26. The van der Waals surface area contributed by atoms with E-state index < -0.39 is 0 Å². The average molecular weight is 206 g/mol. The van der Waals surface area contributed by atoms with E-state index in [9.17, 15) is 0 Å². The molecule has 82 valence electrons. The number of terminal acetylenes is 1. The molecule has 1 N–H and O–H groups in total. The first-order valence-electron chi connectivity index (χ1n) is 5.53. The van der Waals surface area contributed by atoms with Gasteiger partial charge in [0.1, 0.15) is 0 Å². The lowest BCUT2D eigenvalue weighted by molar-refractivity contribution is 0.314. The van der Waals surface area contributed by atoms with Crippen LogP contribution in [0.2, 0.25) is 0 Å². The summed E-state index contributed by atoms with van der Waals surface area (Å²) in [4.78, 5) is 9.19. The first kappa shape index (κ1) is 10.3. The van der Waals surface area contributed by atoms with Crippen LogP contribution in [0.25, 0.3) is 0 Å². The maximum absolute atomic E-state index is 5.37. The maximum Gasteiger partial charge on any atom is 0.197 e. The van der Waals surface area contributed by atoms with Gasteiger partial charge in [-0.25, -0.2) is 4.99 Å². The fourth-order valence-corrected chi connectivity index (χ4v) is 2.11. The molecule has 1 unspecified atom stereocenters. The Morgan fingerprint density at radius 3 is 2.93 bits per heavy atom. The molecule has 0 aromatic rings. The van der Waals surface area contributed by atoms with Gasteiger partial charge in [0.2, 0.25) is 0 Å². The minimum absolute atomic E-state index is 0.378. The summed E-state index contributed by atoms with van der Waals surface area (Å²) in [6, 6.07) is 0.378. The SMILES string of the molecule is C#CCN1CC(C)N=C1N1CCNCC1. The van der Waals surface area contributed by atoms with Crippen molar-refractivity contribution in [2.45, 2.75) is 13.0 Å². The Bertz CT molecular complexity index is 285. The molecule has 0 radical (unpaired) electrons. The van der Waals surface area contributed by atoms with Crippen molar-refractivity contribution in [3.8, 4) is 12.3 Å². The van der Waals surface area contributed by atoms with Crippen LogP contribution in [0.1, 0.15) is 6.92 Å². The van der Waals surface area contributed by atoms with Gasteiger partial charge >= 0.3 is 0 Å². The Morgan fingerprint density at radius 1 is 1.53 bits per heavy atom. The average Bonchev–Trinajstić information content (AvgIpc) is 2.62. The normalized spacial score (nSPS) is 26.4. The molecule has 0 aliphatic carbocycles. The third-order valence-corrected chi connectivity index (χ3v) is 2.79. The highest BCUT2D eigenvalue weighted by atomic mass is 15.4. The summed E-state index contributed by atoms with van der Waals surface area (Å²) in [5.41, 5.74) is 0. The Balaban J connectivity index is 2.04. The van der Waals surface area contributed by atoms with Gasteiger partial charge in [0.25, 0.3) is 0 Å². The van der Waals surface area contributed by atoms with E-state index in [2.05, 4.69) is 33.0 Å². The van der Waals surface area contributed by atoms with E-state index in [-0.39, 0.29) is 0 Å². The molecular formula is C11H18N4. The van der Waals surface area contributed by atoms with Crippen molar-refractivity contribution in [1.29, 1.82) is 0 Å². The van der Waals surface area contributed by atoms with E-state index >= 15 is 0 Å². The molecule has 1 saturated heterocycles. The molecule has 0 aromatic heterocycles. The Labute approximate surface area is 91.3 Å². The van der Waals surface area contributed by atoms with Crippen molar-refractivity contribution in [1.82, 2.24) is 15.1 Å². The second kappa shape index (κ2) is 4.54. The molecule has 2 aliphatic rings. The molecule has 15 heavy (non-hydrogen) atoms. The molecule has 0 bridgehead atoms. The van der Waals surface area contributed by atoms with Gasteiger partial charge < -0.3 is 15.1 Å². The molecule has 0 aromatic carbocycles. The predicted octanol–water partition coefficient (Wildman–Crippen LogP) is -0.415. The van der Waals surface area contributed by atoms with Crippen molar-refractivity contribution >= 4 is 5.96 Å². The number of hydrogen-bond acceptors (Lipinski definition) is 4. The monoisotopic (exact) mass is 206 g/mol. The number of piperazine rings is 1. The molecule has 4 heteroatoms. The van der Waals surface area contributed by atoms with Crippen LogP contribution >= 0.6 is 0 Å². The molecule has 2 rings (SSSR count). The lowest BCUT2D eigenvalue weighted by Crippen LogP contribution is -2.51. The summed E-state index contributed by atoms with van der Waals surface area (Å²) >= 11 is 0. The first-order chi connectivity index (χ1) is 7.31. The van der Waals surface area contributed by atoms with Gasteiger partial charge in [-0.3, -0.25) is 0 Å². The van der Waals surface area contributed by atoms with Gasteiger partial charge in [-0.1, -0.05) is 5.92 Å². The zero-order valence-corrected chi connectivity index (χ0v) is 9.24. The molecule has 0 spiro atoms. The Morgan fingerprint density at radius 2 is 2.27 bits per heavy atom. The molecule has 0 saturated carbocycles. The lowest BCUT2D eigenvalue weighted by atomic mass is 10.3. The zero-order chi connectivity index (χ0) is 10.7. The quantitative estimate of drug-likeness (QED) is 0.591. The number of rotatable bonds is 1. The minimum atomic E-state index is 0.378. The maximum atomic E-state index is 5.37. The van der Waals surface area contributed by atoms with Gasteiger partial charge in [0.15, 0.2) is 5.96 Å². The number of hydrogen-bond donors (Lipinski definition) is 1. The van der Waals surface area contributed by atoms with E-state index in [1.54, 1.807) is 0 Å². The van der Waals surface area contributed by atoms with Gasteiger partial charge in [-0.15, -0.1) is 6.42 Å². The van der Waals surface area contributed by atoms with E-state index in [4.69, 9.17) is 6.42 Å².